The molecule has 0 spiro atoms. The number of carbonyl (C=O) groups excluding carboxylic acids is 2. The number of amides is 1. The molecule has 0 aromatic heterocycles. The van der Waals surface area contributed by atoms with Gasteiger partial charge in [0.15, 0.2) is 16.4 Å². The van der Waals surface area contributed by atoms with Crippen LogP contribution in [0.5, 0.6) is 0 Å². The molecular weight excluding hydrogens is 398 g/mol. The van der Waals surface area contributed by atoms with E-state index in [1.54, 1.807) is 6.07 Å². The fourth-order valence-electron chi connectivity index (χ4n) is 2.93. The summed E-state index contributed by atoms with van der Waals surface area (Å²) >= 11 is 1.52. The van der Waals surface area contributed by atoms with Crippen LogP contribution >= 0.6 is 11.8 Å². The third kappa shape index (κ3) is 6.10. The van der Waals surface area contributed by atoms with E-state index < -0.39 is 28.3 Å². The summed E-state index contributed by atoms with van der Waals surface area (Å²) in [4.78, 5) is 26.0. The molecule has 0 aliphatic carbocycles. The van der Waals surface area contributed by atoms with E-state index in [4.69, 9.17) is 4.74 Å². The minimum Gasteiger partial charge on any atom is -0.456 e. The Balaban J connectivity index is 1.50. The molecule has 1 atom stereocenters. The Hall–Kier alpha value is -2.32. The van der Waals surface area contributed by atoms with Gasteiger partial charge in [0.25, 0.3) is 5.91 Å². The van der Waals surface area contributed by atoms with E-state index in [0.29, 0.717) is 12.1 Å². The number of hydrogen-bond donors (Lipinski definition) is 1. The summed E-state index contributed by atoms with van der Waals surface area (Å²) in [6.45, 7) is -0.400. The van der Waals surface area contributed by atoms with Gasteiger partial charge in [-0.2, -0.15) is 0 Å². The number of anilines is 1. The van der Waals surface area contributed by atoms with E-state index in [9.17, 15) is 18.0 Å². The van der Waals surface area contributed by atoms with Gasteiger partial charge in [-0.25, -0.2) is 8.42 Å². The first-order chi connectivity index (χ1) is 13.4. The molecule has 0 saturated carbocycles. The quantitative estimate of drug-likeness (QED) is 0.694. The summed E-state index contributed by atoms with van der Waals surface area (Å²) in [6, 6.07) is 17.2. The first kappa shape index (κ1) is 20.4. The molecule has 2 aromatic rings. The van der Waals surface area contributed by atoms with Gasteiger partial charge in [0.2, 0.25) is 0 Å². The van der Waals surface area contributed by atoms with E-state index in [1.165, 1.54) is 11.8 Å². The molecule has 1 heterocycles. The zero-order valence-electron chi connectivity index (χ0n) is 15.2. The third-order valence-corrected chi connectivity index (χ3v) is 7.20. The van der Waals surface area contributed by atoms with Crippen molar-refractivity contribution in [3.8, 4) is 0 Å². The van der Waals surface area contributed by atoms with Crippen molar-refractivity contribution in [3.63, 3.8) is 0 Å². The maximum absolute atomic E-state index is 12.2. The average Bonchev–Trinajstić information content (AvgIpc) is 3.01. The van der Waals surface area contributed by atoms with E-state index in [1.807, 2.05) is 48.5 Å². The van der Waals surface area contributed by atoms with Gasteiger partial charge in [-0.1, -0.05) is 42.1 Å². The van der Waals surface area contributed by atoms with Crippen LogP contribution in [0.2, 0.25) is 0 Å². The lowest BCUT2D eigenvalue weighted by molar-refractivity contribution is -0.148. The van der Waals surface area contributed by atoms with Crippen molar-refractivity contribution in [2.45, 2.75) is 22.6 Å². The second-order valence-electron chi connectivity index (χ2n) is 6.59. The fraction of sp³-hybridized carbons (Fsp3) is 0.300. The average molecular weight is 420 g/mol. The van der Waals surface area contributed by atoms with Crippen LogP contribution in [-0.4, -0.2) is 38.4 Å². The standard InChI is InChI=1S/C20H21NO5S2/c22-19(13-26-20(23)12-15-10-11-28(24,25)14-15)21-17-8-4-5-9-18(17)27-16-6-2-1-3-7-16/h1-9,15H,10-14H2,(H,21,22)/t15-/m1/s1. The van der Waals surface area contributed by atoms with Gasteiger partial charge < -0.3 is 10.1 Å². The highest BCUT2D eigenvalue weighted by Crippen LogP contribution is 2.33. The van der Waals surface area contributed by atoms with Crippen LogP contribution in [0.15, 0.2) is 64.4 Å². The summed E-state index contributed by atoms with van der Waals surface area (Å²) in [7, 11) is -3.03. The van der Waals surface area contributed by atoms with Crippen LogP contribution in [0.3, 0.4) is 0 Å². The monoisotopic (exact) mass is 419 g/mol. The van der Waals surface area contributed by atoms with E-state index in [-0.39, 0.29) is 23.8 Å². The van der Waals surface area contributed by atoms with Crippen LogP contribution in [0.25, 0.3) is 0 Å². The summed E-state index contributed by atoms with van der Waals surface area (Å²) in [5.41, 5.74) is 0.638. The predicted molar refractivity (Wildman–Crippen MR) is 108 cm³/mol. The molecule has 6 nitrogen and oxygen atoms in total. The Labute approximate surface area is 168 Å². The highest BCUT2D eigenvalue weighted by Gasteiger charge is 2.30. The van der Waals surface area contributed by atoms with Crippen molar-refractivity contribution in [1.82, 2.24) is 0 Å². The number of benzene rings is 2. The van der Waals surface area contributed by atoms with Crippen molar-refractivity contribution >= 4 is 39.2 Å². The topological polar surface area (TPSA) is 89.5 Å². The van der Waals surface area contributed by atoms with Gasteiger partial charge in [0, 0.05) is 16.2 Å². The number of para-hydroxylation sites is 1. The van der Waals surface area contributed by atoms with Gasteiger partial charge in [-0.05, 0) is 36.6 Å². The lowest BCUT2D eigenvalue weighted by Gasteiger charge is -2.12. The van der Waals surface area contributed by atoms with Crippen LogP contribution in [0, 0.1) is 5.92 Å². The molecule has 3 rings (SSSR count). The molecule has 28 heavy (non-hydrogen) atoms. The summed E-state index contributed by atoms with van der Waals surface area (Å²) < 4.78 is 27.9. The second kappa shape index (κ2) is 9.25. The van der Waals surface area contributed by atoms with Crippen LogP contribution in [-0.2, 0) is 24.2 Å². The Morgan fingerprint density at radius 3 is 2.50 bits per heavy atom. The van der Waals surface area contributed by atoms with Crippen molar-refractivity contribution in [3.05, 3.63) is 54.6 Å². The van der Waals surface area contributed by atoms with Gasteiger partial charge in [0.1, 0.15) is 0 Å². The SMILES string of the molecule is O=C(COC(=O)C[C@H]1CCS(=O)(=O)C1)Nc1ccccc1Sc1ccccc1. The Bertz CT molecular complexity index is 944. The number of ether oxygens (including phenoxy) is 1. The molecule has 2 aromatic carbocycles. The third-order valence-electron chi connectivity index (χ3n) is 4.28. The van der Waals surface area contributed by atoms with E-state index >= 15 is 0 Å². The van der Waals surface area contributed by atoms with Crippen LogP contribution < -0.4 is 5.32 Å². The molecule has 1 aliphatic heterocycles. The molecule has 1 aliphatic rings. The summed E-state index contributed by atoms with van der Waals surface area (Å²) in [5.74, 6) is -1.08. The molecule has 0 radical (unpaired) electrons. The van der Waals surface area contributed by atoms with Crippen molar-refractivity contribution < 1.29 is 22.7 Å². The van der Waals surface area contributed by atoms with E-state index in [0.717, 1.165) is 9.79 Å². The predicted octanol–water partition coefficient (Wildman–Crippen LogP) is 3.14. The molecule has 1 saturated heterocycles. The Kier molecular flexibility index (Phi) is 6.74. The molecule has 148 valence electrons. The maximum Gasteiger partial charge on any atom is 0.306 e. The second-order valence-corrected chi connectivity index (χ2v) is 9.94. The first-order valence-electron chi connectivity index (χ1n) is 8.89. The highest BCUT2D eigenvalue weighted by atomic mass is 32.2. The van der Waals surface area contributed by atoms with E-state index in [2.05, 4.69) is 5.32 Å². The summed E-state index contributed by atoms with van der Waals surface area (Å²) in [6.07, 6.45) is 0.487. The lowest BCUT2D eigenvalue weighted by Crippen LogP contribution is -2.22. The van der Waals surface area contributed by atoms with Crippen molar-refractivity contribution in [1.29, 1.82) is 0 Å². The molecule has 8 heteroatoms. The maximum atomic E-state index is 12.2. The van der Waals surface area contributed by atoms with Crippen molar-refractivity contribution in [2.24, 2.45) is 5.92 Å². The number of hydrogen-bond acceptors (Lipinski definition) is 6. The zero-order valence-corrected chi connectivity index (χ0v) is 16.8. The van der Waals surface area contributed by atoms with Gasteiger partial charge in [0.05, 0.1) is 17.2 Å². The normalized spacial score (nSPS) is 17.8. The number of rotatable bonds is 7. The molecule has 0 bridgehead atoms. The van der Waals surface area contributed by atoms with Crippen LogP contribution in [0.4, 0.5) is 5.69 Å². The molecular formula is C20H21NO5S2. The highest BCUT2D eigenvalue weighted by molar-refractivity contribution is 7.99. The molecule has 1 fully saturated rings. The van der Waals surface area contributed by atoms with Crippen molar-refractivity contribution in [2.75, 3.05) is 23.4 Å². The largest absolute Gasteiger partial charge is 0.456 e. The zero-order chi connectivity index (χ0) is 20.0. The molecule has 1 amide bonds. The number of sulfone groups is 1. The summed E-state index contributed by atoms with van der Waals surface area (Å²) in [5, 5.41) is 2.76. The van der Waals surface area contributed by atoms with Gasteiger partial charge in [-0.3, -0.25) is 9.59 Å². The number of nitrogens with one attached hydrogen (secondary N) is 1. The van der Waals surface area contributed by atoms with Crippen LogP contribution in [0.1, 0.15) is 12.8 Å². The Morgan fingerprint density at radius 1 is 1.07 bits per heavy atom. The minimum absolute atomic E-state index is 0.0123. The van der Waals surface area contributed by atoms with Gasteiger partial charge >= 0.3 is 5.97 Å². The number of esters is 1. The van der Waals surface area contributed by atoms with Gasteiger partial charge in [-0.15, -0.1) is 0 Å². The smallest absolute Gasteiger partial charge is 0.306 e. The fourth-order valence-corrected chi connectivity index (χ4v) is 5.72. The Morgan fingerprint density at radius 2 is 1.79 bits per heavy atom. The minimum atomic E-state index is -3.03. The number of carbonyl (C=O) groups is 2. The lowest BCUT2D eigenvalue weighted by atomic mass is 10.1. The molecule has 1 N–H and O–H groups in total. The molecule has 0 unspecified atom stereocenters. The first-order valence-corrected chi connectivity index (χ1v) is 11.5.